The fraction of sp³-hybridized carbons (Fsp3) is 0.667. The minimum atomic E-state index is -0.453. The third-order valence-electron chi connectivity index (χ3n) is 4.21. The second-order valence-electron chi connectivity index (χ2n) is 6.08. The fourth-order valence-corrected chi connectivity index (χ4v) is 2.80. The molecule has 0 aromatic heterocycles. The zero-order valence-electron chi connectivity index (χ0n) is 13.8. The molecule has 0 saturated carbocycles. The molecule has 1 aromatic rings. The Bertz CT molecular complexity index is 432. The molecule has 1 heterocycles. The van der Waals surface area contributed by atoms with E-state index in [4.69, 9.17) is 9.47 Å². The van der Waals surface area contributed by atoms with Gasteiger partial charge < -0.3 is 14.6 Å². The van der Waals surface area contributed by atoms with Crippen molar-refractivity contribution in [3.05, 3.63) is 35.4 Å². The molecule has 0 radical (unpaired) electrons. The van der Waals surface area contributed by atoms with Crippen LogP contribution in [-0.4, -0.2) is 55.1 Å². The number of hydrogen-bond acceptors (Lipinski definition) is 4. The van der Waals surface area contributed by atoms with Crippen LogP contribution in [0.15, 0.2) is 24.3 Å². The van der Waals surface area contributed by atoms with Crippen LogP contribution in [0.25, 0.3) is 0 Å². The Morgan fingerprint density at radius 3 is 2.91 bits per heavy atom. The highest BCUT2D eigenvalue weighted by Crippen LogP contribution is 2.13. The van der Waals surface area contributed by atoms with E-state index in [2.05, 4.69) is 43.0 Å². The van der Waals surface area contributed by atoms with E-state index in [-0.39, 0.29) is 6.10 Å². The third-order valence-corrected chi connectivity index (χ3v) is 4.21. The molecule has 1 aliphatic rings. The number of ether oxygens (including phenoxy) is 2. The standard InChI is InChI=1S/C18H29NO3/c1-3-19(11-16-8-5-4-7-15(16)2)12-17(20)13-21-14-18-9-6-10-22-18/h4-5,7-8,17-18,20H,3,6,9-14H2,1-2H3. The highest BCUT2D eigenvalue weighted by atomic mass is 16.5. The maximum absolute atomic E-state index is 10.2. The van der Waals surface area contributed by atoms with Gasteiger partial charge in [-0.25, -0.2) is 0 Å². The van der Waals surface area contributed by atoms with Gasteiger partial charge in [-0.15, -0.1) is 0 Å². The molecule has 1 aliphatic heterocycles. The monoisotopic (exact) mass is 307 g/mol. The van der Waals surface area contributed by atoms with E-state index in [0.29, 0.717) is 19.8 Å². The molecule has 0 bridgehead atoms. The first-order chi connectivity index (χ1) is 10.7. The van der Waals surface area contributed by atoms with Crippen molar-refractivity contribution in [3.8, 4) is 0 Å². The maximum Gasteiger partial charge on any atom is 0.0900 e. The lowest BCUT2D eigenvalue weighted by Gasteiger charge is -2.24. The van der Waals surface area contributed by atoms with Crippen LogP contribution >= 0.6 is 0 Å². The molecule has 0 aliphatic carbocycles. The number of rotatable bonds is 9. The lowest BCUT2D eigenvalue weighted by atomic mass is 10.1. The van der Waals surface area contributed by atoms with Crippen LogP contribution in [0.1, 0.15) is 30.9 Å². The van der Waals surface area contributed by atoms with Gasteiger partial charge in [0.2, 0.25) is 0 Å². The van der Waals surface area contributed by atoms with Gasteiger partial charge in [0.15, 0.2) is 0 Å². The summed E-state index contributed by atoms with van der Waals surface area (Å²) in [7, 11) is 0. The van der Waals surface area contributed by atoms with Crippen molar-refractivity contribution in [3.63, 3.8) is 0 Å². The molecule has 2 atom stereocenters. The van der Waals surface area contributed by atoms with E-state index >= 15 is 0 Å². The SMILES string of the molecule is CCN(Cc1ccccc1C)CC(O)COCC1CCCO1. The molecule has 124 valence electrons. The number of aliphatic hydroxyl groups is 1. The van der Waals surface area contributed by atoms with Crippen LogP contribution in [0.2, 0.25) is 0 Å². The van der Waals surface area contributed by atoms with Gasteiger partial charge in [-0.3, -0.25) is 4.90 Å². The third kappa shape index (κ3) is 5.69. The number of likely N-dealkylation sites (N-methyl/N-ethyl adjacent to an activating group) is 1. The quantitative estimate of drug-likeness (QED) is 0.760. The number of nitrogens with zero attached hydrogens (tertiary/aromatic N) is 1. The van der Waals surface area contributed by atoms with Crippen molar-refractivity contribution < 1.29 is 14.6 Å². The normalized spacial score (nSPS) is 19.7. The molecule has 1 aromatic carbocycles. The van der Waals surface area contributed by atoms with Crippen LogP contribution < -0.4 is 0 Å². The van der Waals surface area contributed by atoms with Gasteiger partial charge in [0.1, 0.15) is 0 Å². The molecule has 4 nitrogen and oxygen atoms in total. The fourth-order valence-electron chi connectivity index (χ4n) is 2.80. The average Bonchev–Trinajstić information content (AvgIpc) is 3.02. The first kappa shape index (κ1) is 17.4. The molecule has 0 amide bonds. The van der Waals surface area contributed by atoms with Crippen LogP contribution in [0.5, 0.6) is 0 Å². The van der Waals surface area contributed by atoms with Crippen LogP contribution in [0.4, 0.5) is 0 Å². The summed E-state index contributed by atoms with van der Waals surface area (Å²) >= 11 is 0. The maximum atomic E-state index is 10.2. The van der Waals surface area contributed by atoms with Gasteiger partial charge >= 0.3 is 0 Å². The summed E-state index contributed by atoms with van der Waals surface area (Å²) in [6.45, 7) is 8.49. The summed E-state index contributed by atoms with van der Waals surface area (Å²) in [4.78, 5) is 2.25. The highest BCUT2D eigenvalue weighted by Gasteiger charge is 2.17. The zero-order valence-corrected chi connectivity index (χ0v) is 13.8. The Labute approximate surface area is 134 Å². The van der Waals surface area contributed by atoms with Crippen molar-refractivity contribution >= 4 is 0 Å². The minimum Gasteiger partial charge on any atom is -0.389 e. The predicted molar refractivity (Wildman–Crippen MR) is 87.9 cm³/mol. The molecule has 2 rings (SSSR count). The van der Waals surface area contributed by atoms with Crippen LogP contribution in [-0.2, 0) is 16.0 Å². The zero-order chi connectivity index (χ0) is 15.8. The number of aryl methyl sites for hydroxylation is 1. The lowest BCUT2D eigenvalue weighted by molar-refractivity contribution is -0.0254. The Morgan fingerprint density at radius 2 is 2.23 bits per heavy atom. The smallest absolute Gasteiger partial charge is 0.0900 e. The summed E-state index contributed by atoms with van der Waals surface area (Å²) < 4.78 is 11.1. The summed E-state index contributed by atoms with van der Waals surface area (Å²) in [6.07, 6.45) is 1.97. The van der Waals surface area contributed by atoms with Gasteiger partial charge in [-0.05, 0) is 37.4 Å². The number of aliphatic hydroxyl groups excluding tert-OH is 1. The van der Waals surface area contributed by atoms with Crippen LogP contribution in [0.3, 0.4) is 0 Å². The summed E-state index contributed by atoms with van der Waals surface area (Å²) in [5, 5.41) is 10.2. The Hall–Kier alpha value is -0.940. The van der Waals surface area contributed by atoms with Crippen molar-refractivity contribution in [1.29, 1.82) is 0 Å². The van der Waals surface area contributed by atoms with E-state index in [1.54, 1.807) is 0 Å². The van der Waals surface area contributed by atoms with E-state index in [1.807, 2.05) is 0 Å². The van der Waals surface area contributed by atoms with Gasteiger partial charge in [0.25, 0.3) is 0 Å². The average molecular weight is 307 g/mol. The van der Waals surface area contributed by atoms with Gasteiger partial charge in [-0.1, -0.05) is 31.2 Å². The molecule has 0 spiro atoms. The molecule has 4 heteroatoms. The van der Waals surface area contributed by atoms with E-state index in [1.165, 1.54) is 11.1 Å². The second kappa shape index (κ2) is 9.26. The second-order valence-corrected chi connectivity index (χ2v) is 6.08. The van der Waals surface area contributed by atoms with Gasteiger partial charge in [0.05, 0.1) is 25.4 Å². The summed E-state index contributed by atoms with van der Waals surface area (Å²) in [5.41, 5.74) is 2.61. The number of hydrogen-bond donors (Lipinski definition) is 1. The Morgan fingerprint density at radius 1 is 1.41 bits per heavy atom. The molecular formula is C18H29NO3. The largest absolute Gasteiger partial charge is 0.389 e. The predicted octanol–water partition coefficient (Wildman–Crippen LogP) is 2.37. The minimum absolute atomic E-state index is 0.224. The van der Waals surface area contributed by atoms with Gasteiger partial charge in [-0.2, -0.15) is 0 Å². The Kier molecular flexibility index (Phi) is 7.33. The van der Waals surface area contributed by atoms with E-state index < -0.39 is 6.10 Å². The molecule has 1 fully saturated rings. The molecule has 1 N–H and O–H groups in total. The molecule has 22 heavy (non-hydrogen) atoms. The summed E-state index contributed by atoms with van der Waals surface area (Å²) in [6, 6.07) is 8.41. The van der Waals surface area contributed by atoms with Crippen molar-refractivity contribution in [2.45, 2.75) is 45.4 Å². The van der Waals surface area contributed by atoms with Crippen LogP contribution in [0, 0.1) is 6.92 Å². The number of benzene rings is 1. The van der Waals surface area contributed by atoms with Crippen molar-refractivity contribution in [2.75, 3.05) is 32.9 Å². The molecule has 2 unspecified atom stereocenters. The van der Waals surface area contributed by atoms with E-state index in [9.17, 15) is 5.11 Å². The first-order valence-electron chi connectivity index (χ1n) is 8.33. The van der Waals surface area contributed by atoms with Gasteiger partial charge in [0, 0.05) is 19.7 Å². The van der Waals surface area contributed by atoms with Crippen molar-refractivity contribution in [2.24, 2.45) is 0 Å². The summed E-state index contributed by atoms with van der Waals surface area (Å²) in [5.74, 6) is 0. The topological polar surface area (TPSA) is 41.9 Å². The van der Waals surface area contributed by atoms with Crippen molar-refractivity contribution in [1.82, 2.24) is 4.90 Å². The lowest BCUT2D eigenvalue weighted by Crippen LogP contribution is -2.35. The van der Waals surface area contributed by atoms with E-state index in [0.717, 1.165) is 32.5 Å². The Balaban J connectivity index is 1.70. The highest BCUT2D eigenvalue weighted by molar-refractivity contribution is 5.25. The first-order valence-corrected chi connectivity index (χ1v) is 8.33. The molecular weight excluding hydrogens is 278 g/mol. The molecule has 1 saturated heterocycles.